The highest BCUT2D eigenvalue weighted by Crippen LogP contribution is 2.38. The molecule has 0 spiro atoms. The van der Waals surface area contributed by atoms with Gasteiger partial charge in [-0.25, -0.2) is 0 Å². The van der Waals surface area contributed by atoms with Gasteiger partial charge in [0.15, 0.2) is 11.5 Å². The summed E-state index contributed by atoms with van der Waals surface area (Å²) in [5, 5.41) is 21.0. The second-order valence-corrected chi connectivity index (χ2v) is 9.37. The molecule has 5 nitrogen and oxygen atoms in total. The van der Waals surface area contributed by atoms with Crippen molar-refractivity contribution >= 4 is 17.5 Å². The minimum Gasteiger partial charge on any atom is -0.508 e. The molecule has 2 N–H and O–H groups in total. The first-order chi connectivity index (χ1) is 17.5. The molecule has 0 saturated carbocycles. The number of phenols is 2. The Morgan fingerprint density at radius 3 is 2.44 bits per heavy atom. The van der Waals surface area contributed by atoms with E-state index in [0.717, 1.165) is 27.8 Å². The highest BCUT2D eigenvalue weighted by molar-refractivity contribution is 6.30. The Kier molecular flexibility index (Phi) is 6.83. The number of fused-ring (bicyclic) bond motifs is 1. The maximum absolute atomic E-state index is 14.0. The molecule has 1 aliphatic heterocycles. The average Bonchev–Trinajstić information content (AvgIpc) is 3.11. The fourth-order valence-corrected chi connectivity index (χ4v) is 4.83. The number of carbonyl (C=O) groups excluding carboxylic acids is 1. The maximum Gasteiger partial charge on any atom is 0.230 e. The molecule has 5 rings (SSSR count). The number of hydrogen-bond acceptors (Lipinski definition) is 4. The normalized spacial score (nSPS) is 13.9. The minimum atomic E-state index is -0.401. The van der Waals surface area contributed by atoms with E-state index in [0.29, 0.717) is 30.3 Å². The quantitative estimate of drug-likeness (QED) is 0.345. The molecule has 0 aliphatic carbocycles. The molecule has 0 bridgehead atoms. The summed E-state index contributed by atoms with van der Waals surface area (Å²) in [4.78, 5) is 15.8. The Bertz CT molecular complexity index is 1370. The van der Waals surface area contributed by atoms with Crippen LogP contribution in [0.15, 0.2) is 91.0 Å². The number of amides is 1. The molecule has 0 fully saturated rings. The van der Waals surface area contributed by atoms with Crippen LogP contribution in [0.2, 0.25) is 5.02 Å². The van der Waals surface area contributed by atoms with Crippen LogP contribution in [0.25, 0.3) is 11.1 Å². The van der Waals surface area contributed by atoms with E-state index in [1.807, 2.05) is 66.7 Å². The van der Waals surface area contributed by atoms with E-state index in [-0.39, 0.29) is 24.0 Å². The predicted molar refractivity (Wildman–Crippen MR) is 140 cm³/mol. The third-order valence-electron chi connectivity index (χ3n) is 6.46. The van der Waals surface area contributed by atoms with E-state index in [1.165, 1.54) is 0 Å². The molecule has 6 heteroatoms. The van der Waals surface area contributed by atoms with Crippen molar-refractivity contribution in [2.75, 3.05) is 13.2 Å². The van der Waals surface area contributed by atoms with Crippen molar-refractivity contribution in [3.63, 3.8) is 0 Å². The summed E-state index contributed by atoms with van der Waals surface area (Å²) in [5.41, 5.74) is 4.30. The van der Waals surface area contributed by atoms with Crippen molar-refractivity contribution in [2.45, 2.75) is 18.9 Å². The number of carbonyl (C=O) groups is 1. The molecule has 0 radical (unpaired) electrons. The van der Waals surface area contributed by atoms with Crippen molar-refractivity contribution < 1.29 is 19.7 Å². The number of aromatic hydroxyl groups is 2. The topological polar surface area (TPSA) is 70.0 Å². The third-order valence-corrected chi connectivity index (χ3v) is 6.70. The van der Waals surface area contributed by atoms with E-state index in [2.05, 4.69) is 0 Å². The van der Waals surface area contributed by atoms with Gasteiger partial charge in [0.1, 0.15) is 12.4 Å². The van der Waals surface area contributed by atoms with E-state index in [4.69, 9.17) is 16.3 Å². The second-order valence-electron chi connectivity index (χ2n) is 8.94. The molecule has 1 amide bonds. The van der Waals surface area contributed by atoms with Crippen LogP contribution in [-0.2, 0) is 17.8 Å². The average molecular weight is 500 g/mol. The van der Waals surface area contributed by atoms with E-state index < -0.39 is 5.92 Å². The summed E-state index contributed by atoms with van der Waals surface area (Å²) < 4.78 is 5.89. The van der Waals surface area contributed by atoms with E-state index in [9.17, 15) is 15.0 Å². The molecule has 1 atom stereocenters. The number of nitrogens with zero attached hydrogens (tertiary/aromatic N) is 1. The lowest BCUT2D eigenvalue weighted by atomic mass is 9.90. The lowest BCUT2D eigenvalue weighted by Gasteiger charge is -2.26. The summed E-state index contributed by atoms with van der Waals surface area (Å²) in [6.45, 7) is 0.997. The predicted octanol–water partition coefficient (Wildman–Crippen LogP) is 6.17. The van der Waals surface area contributed by atoms with Crippen LogP contribution < -0.4 is 4.74 Å². The van der Waals surface area contributed by atoms with E-state index >= 15 is 0 Å². The van der Waals surface area contributed by atoms with Crippen molar-refractivity contribution in [3.8, 4) is 28.4 Å². The molecule has 4 aromatic carbocycles. The number of benzene rings is 4. The molecule has 1 aliphatic rings. The first kappa shape index (κ1) is 23.8. The Morgan fingerprint density at radius 2 is 1.69 bits per heavy atom. The van der Waals surface area contributed by atoms with Gasteiger partial charge in [-0.1, -0.05) is 66.2 Å². The van der Waals surface area contributed by atoms with Crippen LogP contribution in [0.1, 0.15) is 22.6 Å². The zero-order valence-electron chi connectivity index (χ0n) is 19.6. The maximum atomic E-state index is 14.0. The molecular formula is C30H26ClNO4. The van der Waals surface area contributed by atoms with Crippen molar-refractivity contribution in [1.29, 1.82) is 0 Å². The molecule has 1 unspecified atom stereocenters. The van der Waals surface area contributed by atoms with Crippen molar-refractivity contribution in [1.82, 2.24) is 4.90 Å². The van der Waals surface area contributed by atoms with Crippen molar-refractivity contribution in [2.24, 2.45) is 0 Å². The number of ether oxygens (including phenoxy) is 1. The number of hydrogen-bond donors (Lipinski definition) is 2. The van der Waals surface area contributed by atoms with Gasteiger partial charge in [0.2, 0.25) is 5.91 Å². The van der Waals surface area contributed by atoms with Crippen molar-refractivity contribution in [3.05, 3.63) is 113 Å². The summed E-state index contributed by atoms with van der Waals surface area (Å²) in [6, 6.07) is 27.7. The van der Waals surface area contributed by atoms with Gasteiger partial charge in [0.25, 0.3) is 0 Å². The largest absolute Gasteiger partial charge is 0.508 e. The van der Waals surface area contributed by atoms with Gasteiger partial charge in [-0.15, -0.1) is 0 Å². The van der Waals surface area contributed by atoms with Gasteiger partial charge in [-0.3, -0.25) is 4.79 Å². The number of halogens is 1. The fourth-order valence-electron chi connectivity index (χ4n) is 4.64. The van der Waals surface area contributed by atoms with Gasteiger partial charge in [0.05, 0.1) is 12.5 Å². The first-order valence-electron chi connectivity index (χ1n) is 11.8. The molecule has 182 valence electrons. The lowest BCUT2D eigenvalue weighted by Crippen LogP contribution is -2.37. The molecular weight excluding hydrogens is 474 g/mol. The summed E-state index contributed by atoms with van der Waals surface area (Å²) in [7, 11) is 0. The van der Waals surface area contributed by atoms with Crippen LogP contribution in [-0.4, -0.2) is 34.2 Å². The van der Waals surface area contributed by atoms with Crippen LogP contribution >= 0.6 is 11.6 Å². The minimum absolute atomic E-state index is 0.0154. The van der Waals surface area contributed by atoms with Crippen LogP contribution in [0.3, 0.4) is 0 Å². The first-order valence-corrected chi connectivity index (χ1v) is 12.2. The fraction of sp³-hybridized carbons (Fsp3) is 0.167. The van der Waals surface area contributed by atoms with Gasteiger partial charge >= 0.3 is 0 Å². The molecule has 36 heavy (non-hydrogen) atoms. The smallest absolute Gasteiger partial charge is 0.230 e. The number of rotatable bonds is 5. The van der Waals surface area contributed by atoms with Crippen LogP contribution in [0, 0.1) is 0 Å². The van der Waals surface area contributed by atoms with Crippen LogP contribution in [0.5, 0.6) is 17.2 Å². The van der Waals surface area contributed by atoms with Gasteiger partial charge in [-0.2, -0.15) is 0 Å². The molecule has 4 aromatic rings. The highest BCUT2D eigenvalue weighted by atomic mass is 35.5. The summed E-state index contributed by atoms with van der Waals surface area (Å²) >= 11 is 6.18. The Balaban J connectivity index is 1.47. The standard InChI is InChI=1S/C30H26ClNO4/c31-25-8-4-7-22(17-25)23-16-24-19-32(13-14-36-29(24)28(34)18-23)30(35)27(21-5-2-1-3-6-21)15-20-9-11-26(33)12-10-20/h1-12,16-18,27,33-34H,13-15,19H2. The van der Waals surface area contributed by atoms with Gasteiger partial charge in [0, 0.05) is 17.1 Å². The lowest BCUT2D eigenvalue weighted by molar-refractivity contribution is -0.133. The zero-order valence-corrected chi connectivity index (χ0v) is 20.4. The highest BCUT2D eigenvalue weighted by Gasteiger charge is 2.29. The second kappa shape index (κ2) is 10.3. The van der Waals surface area contributed by atoms with Gasteiger partial charge in [-0.05, 0) is 65.1 Å². The summed E-state index contributed by atoms with van der Waals surface area (Å²) in [6.07, 6.45) is 0.501. The Hall–Kier alpha value is -3.96. The Morgan fingerprint density at radius 1 is 0.917 bits per heavy atom. The number of phenolic OH excluding ortho intramolecular Hbond substituents is 2. The molecule has 1 heterocycles. The SMILES string of the molecule is O=C(C(Cc1ccc(O)cc1)c1ccccc1)N1CCOc2c(O)cc(-c3cccc(Cl)c3)cc2C1. The molecule has 0 saturated heterocycles. The third kappa shape index (κ3) is 5.16. The van der Waals surface area contributed by atoms with Crippen LogP contribution in [0.4, 0.5) is 0 Å². The molecule has 0 aromatic heterocycles. The zero-order chi connectivity index (χ0) is 25.1. The van der Waals surface area contributed by atoms with Gasteiger partial charge < -0.3 is 19.8 Å². The van der Waals surface area contributed by atoms with E-state index in [1.54, 1.807) is 29.2 Å². The monoisotopic (exact) mass is 499 g/mol. The Labute approximate surface area is 215 Å². The summed E-state index contributed by atoms with van der Waals surface area (Å²) in [5.74, 6) is 0.227.